The Morgan fingerprint density at radius 1 is 1.16 bits per heavy atom. The van der Waals surface area contributed by atoms with Crippen molar-refractivity contribution >= 4 is 5.96 Å². The van der Waals surface area contributed by atoms with E-state index < -0.39 is 0 Å². The largest absolute Gasteiger partial charge is 0.356 e. The molecule has 0 unspecified atom stereocenters. The molecule has 3 nitrogen and oxygen atoms in total. The Bertz CT molecular complexity index is 410. The normalized spacial score (nSPS) is 11.5. The summed E-state index contributed by atoms with van der Waals surface area (Å²) in [5.41, 5.74) is 4.10. The van der Waals surface area contributed by atoms with Crippen molar-refractivity contribution in [2.75, 3.05) is 20.1 Å². The van der Waals surface area contributed by atoms with Crippen LogP contribution in [0.1, 0.15) is 36.5 Å². The number of aliphatic imine (C=N–C) groups is 1. The lowest BCUT2D eigenvalue weighted by Crippen LogP contribution is -2.38. The molecule has 106 valence electrons. The highest BCUT2D eigenvalue weighted by Gasteiger charge is 2.00. The third-order valence-corrected chi connectivity index (χ3v) is 3.23. The van der Waals surface area contributed by atoms with Crippen LogP contribution in [0.3, 0.4) is 0 Å². The van der Waals surface area contributed by atoms with Crippen LogP contribution >= 0.6 is 0 Å². The molecule has 2 N–H and O–H groups in total. The molecule has 0 saturated heterocycles. The Morgan fingerprint density at radius 3 is 2.53 bits per heavy atom. The highest BCUT2D eigenvalue weighted by atomic mass is 15.2. The second kappa shape index (κ2) is 8.57. The Labute approximate surface area is 117 Å². The fraction of sp³-hybridized carbons (Fsp3) is 0.562. The summed E-state index contributed by atoms with van der Waals surface area (Å²) in [7, 11) is 1.82. The zero-order valence-corrected chi connectivity index (χ0v) is 12.7. The molecule has 0 atom stereocenters. The van der Waals surface area contributed by atoms with Crippen molar-refractivity contribution in [3.05, 3.63) is 34.9 Å². The molecular formula is C16H27N3. The van der Waals surface area contributed by atoms with E-state index in [0.29, 0.717) is 0 Å². The van der Waals surface area contributed by atoms with Gasteiger partial charge in [0, 0.05) is 20.1 Å². The van der Waals surface area contributed by atoms with Gasteiger partial charge in [0.1, 0.15) is 0 Å². The van der Waals surface area contributed by atoms with Crippen molar-refractivity contribution in [1.82, 2.24) is 10.6 Å². The van der Waals surface area contributed by atoms with E-state index >= 15 is 0 Å². The summed E-state index contributed by atoms with van der Waals surface area (Å²) in [6.45, 7) is 8.40. The lowest BCUT2D eigenvalue weighted by Gasteiger charge is -2.12. The van der Waals surface area contributed by atoms with Gasteiger partial charge < -0.3 is 10.6 Å². The summed E-state index contributed by atoms with van der Waals surface area (Å²) in [4.78, 5) is 4.22. The molecule has 0 aromatic heterocycles. The van der Waals surface area contributed by atoms with Crippen LogP contribution in [0.2, 0.25) is 0 Å². The molecule has 0 saturated carbocycles. The maximum absolute atomic E-state index is 4.22. The summed E-state index contributed by atoms with van der Waals surface area (Å²) in [5, 5.41) is 6.68. The molecule has 0 bridgehead atoms. The third-order valence-electron chi connectivity index (χ3n) is 3.23. The zero-order valence-electron chi connectivity index (χ0n) is 12.7. The minimum atomic E-state index is 0.901. The maximum Gasteiger partial charge on any atom is 0.190 e. The van der Waals surface area contributed by atoms with Crippen LogP contribution in [0, 0.1) is 13.8 Å². The average molecular weight is 261 g/mol. The molecule has 0 aliphatic heterocycles. The van der Waals surface area contributed by atoms with E-state index in [-0.39, 0.29) is 0 Å². The first kappa shape index (κ1) is 15.5. The van der Waals surface area contributed by atoms with Gasteiger partial charge >= 0.3 is 0 Å². The fourth-order valence-electron chi connectivity index (χ4n) is 2.05. The molecule has 0 aliphatic carbocycles. The zero-order chi connectivity index (χ0) is 14.1. The number of hydrogen-bond donors (Lipinski definition) is 2. The van der Waals surface area contributed by atoms with Gasteiger partial charge in [0.15, 0.2) is 5.96 Å². The van der Waals surface area contributed by atoms with E-state index in [9.17, 15) is 0 Å². The standard InChI is InChI=1S/C16H27N3/c1-5-6-10-18-16(17-4)19-11-9-15-8-7-13(2)12-14(15)3/h7-8,12H,5-6,9-11H2,1-4H3,(H2,17,18,19). The molecule has 0 radical (unpaired) electrons. The van der Waals surface area contributed by atoms with Crippen LogP contribution in [0.25, 0.3) is 0 Å². The molecule has 0 amide bonds. The van der Waals surface area contributed by atoms with Crippen LogP contribution in [-0.4, -0.2) is 26.1 Å². The number of guanidine groups is 1. The predicted molar refractivity (Wildman–Crippen MR) is 83.9 cm³/mol. The van der Waals surface area contributed by atoms with Crippen molar-refractivity contribution in [2.45, 2.75) is 40.0 Å². The molecule has 0 aliphatic rings. The molecule has 0 fully saturated rings. The van der Waals surface area contributed by atoms with Crippen molar-refractivity contribution in [2.24, 2.45) is 4.99 Å². The fourth-order valence-corrected chi connectivity index (χ4v) is 2.05. The Balaban J connectivity index is 2.36. The highest BCUT2D eigenvalue weighted by molar-refractivity contribution is 5.79. The first-order chi connectivity index (χ1) is 9.17. The van der Waals surface area contributed by atoms with E-state index in [1.54, 1.807) is 0 Å². The summed E-state index contributed by atoms with van der Waals surface area (Å²) in [6.07, 6.45) is 3.41. The number of nitrogens with zero attached hydrogens (tertiary/aromatic N) is 1. The quantitative estimate of drug-likeness (QED) is 0.469. The SMILES string of the molecule is CCCCNC(=NC)NCCc1ccc(C)cc1C. The second-order valence-corrected chi connectivity index (χ2v) is 4.96. The average Bonchev–Trinajstić information content (AvgIpc) is 2.39. The second-order valence-electron chi connectivity index (χ2n) is 4.96. The molecule has 1 rings (SSSR count). The highest BCUT2D eigenvalue weighted by Crippen LogP contribution is 2.10. The van der Waals surface area contributed by atoms with Gasteiger partial charge in [-0.1, -0.05) is 37.1 Å². The first-order valence-corrected chi connectivity index (χ1v) is 7.18. The molecule has 19 heavy (non-hydrogen) atoms. The lowest BCUT2D eigenvalue weighted by atomic mass is 10.0. The van der Waals surface area contributed by atoms with Crippen molar-refractivity contribution in [3.63, 3.8) is 0 Å². The van der Waals surface area contributed by atoms with Crippen molar-refractivity contribution in [3.8, 4) is 0 Å². The van der Waals surface area contributed by atoms with Gasteiger partial charge in [0.05, 0.1) is 0 Å². The number of hydrogen-bond acceptors (Lipinski definition) is 1. The summed E-state index contributed by atoms with van der Waals surface area (Å²) in [5.74, 6) is 0.901. The van der Waals surface area contributed by atoms with Gasteiger partial charge in [-0.15, -0.1) is 0 Å². The molecular weight excluding hydrogens is 234 g/mol. The summed E-state index contributed by atoms with van der Waals surface area (Å²) < 4.78 is 0. The summed E-state index contributed by atoms with van der Waals surface area (Å²) >= 11 is 0. The predicted octanol–water partition coefficient (Wildman–Crippen LogP) is 2.81. The van der Waals surface area contributed by atoms with Gasteiger partial charge in [0.2, 0.25) is 0 Å². The maximum atomic E-state index is 4.22. The number of benzene rings is 1. The van der Waals surface area contributed by atoms with Crippen LogP contribution < -0.4 is 10.6 Å². The summed E-state index contributed by atoms with van der Waals surface area (Å²) in [6, 6.07) is 6.64. The Hall–Kier alpha value is -1.51. The van der Waals surface area contributed by atoms with Gasteiger partial charge in [-0.25, -0.2) is 0 Å². The van der Waals surface area contributed by atoms with E-state index in [1.165, 1.54) is 29.5 Å². The number of rotatable bonds is 6. The van der Waals surface area contributed by atoms with Gasteiger partial charge in [-0.3, -0.25) is 4.99 Å². The van der Waals surface area contributed by atoms with E-state index in [1.807, 2.05) is 7.05 Å². The third kappa shape index (κ3) is 5.77. The van der Waals surface area contributed by atoms with Crippen molar-refractivity contribution < 1.29 is 0 Å². The van der Waals surface area contributed by atoms with Crippen LogP contribution in [-0.2, 0) is 6.42 Å². The van der Waals surface area contributed by atoms with E-state index in [0.717, 1.165) is 25.5 Å². The number of aryl methyl sites for hydroxylation is 2. The number of unbranched alkanes of at least 4 members (excludes halogenated alkanes) is 1. The minimum absolute atomic E-state index is 0.901. The molecule has 0 heterocycles. The number of nitrogens with one attached hydrogen (secondary N) is 2. The molecule has 3 heteroatoms. The van der Waals surface area contributed by atoms with Crippen LogP contribution in [0.15, 0.2) is 23.2 Å². The van der Waals surface area contributed by atoms with Gasteiger partial charge in [-0.05, 0) is 37.8 Å². The van der Waals surface area contributed by atoms with Crippen LogP contribution in [0.5, 0.6) is 0 Å². The van der Waals surface area contributed by atoms with Gasteiger partial charge in [0.25, 0.3) is 0 Å². The van der Waals surface area contributed by atoms with Gasteiger partial charge in [-0.2, -0.15) is 0 Å². The Morgan fingerprint density at radius 2 is 1.89 bits per heavy atom. The lowest BCUT2D eigenvalue weighted by molar-refractivity contribution is 0.726. The van der Waals surface area contributed by atoms with Crippen LogP contribution in [0.4, 0.5) is 0 Å². The minimum Gasteiger partial charge on any atom is -0.356 e. The monoisotopic (exact) mass is 261 g/mol. The molecule has 0 spiro atoms. The molecule has 1 aromatic carbocycles. The smallest absolute Gasteiger partial charge is 0.190 e. The molecule has 1 aromatic rings. The Kier molecular flexibility index (Phi) is 7.01. The van der Waals surface area contributed by atoms with E-state index in [2.05, 4.69) is 54.6 Å². The topological polar surface area (TPSA) is 36.4 Å². The van der Waals surface area contributed by atoms with Crippen molar-refractivity contribution in [1.29, 1.82) is 0 Å². The first-order valence-electron chi connectivity index (χ1n) is 7.18. The van der Waals surface area contributed by atoms with E-state index in [4.69, 9.17) is 0 Å².